The number of ether oxygens (including phenoxy) is 1. The molecule has 3 nitrogen and oxygen atoms in total. The van der Waals surface area contributed by atoms with Gasteiger partial charge in [0.05, 0.1) is 23.6 Å². The van der Waals surface area contributed by atoms with Crippen molar-refractivity contribution >= 4 is 27.3 Å². The maximum Gasteiger partial charge on any atom is 0.0646 e. The largest absolute Gasteiger partial charge is 0.397 e. The third-order valence-corrected chi connectivity index (χ3v) is 2.46. The Morgan fingerprint density at radius 2 is 2.06 bits per heavy atom. The molecule has 0 heterocycles. The van der Waals surface area contributed by atoms with Crippen LogP contribution in [0.4, 0.5) is 11.4 Å². The number of nitrogens with one attached hydrogen (secondary N) is 1. The van der Waals surface area contributed by atoms with Crippen molar-refractivity contribution in [2.45, 2.75) is 26.4 Å². The first-order chi connectivity index (χ1) is 7.38. The van der Waals surface area contributed by atoms with E-state index in [2.05, 4.69) is 21.2 Å². The summed E-state index contributed by atoms with van der Waals surface area (Å²) in [6, 6.07) is 5.80. The summed E-state index contributed by atoms with van der Waals surface area (Å²) in [6.07, 6.45) is 0. The summed E-state index contributed by atoms with van der Waals surface area (Å²) in [5.41, 5.74) is 7.45. The van der Waals surface area contributed by atoms with E-state index in [1.54, 1.807) is 0 Å². The Bertz CT molecular complexity index is 347. The highest BCUT2D eigenvalue weighted by molar-refractivity contribution is 9.10. The lowest BCUT2D eigenvalue weighted by Crippen LogP contribution is -2.23. The number of nitrogen functional groups attached to an aromatic ring is 1. The summed E-state index contributed by atoms with van der Waals surface area (Å²) in [5.74, 6) is 0. The van der Waals surface area contributed by atoms with E-state index in [0.717, 1.165) is 22.4 Å². The zero-order chi connectivity index (χ0) is 12.2. The third-order valence-electron chi connectivity index (χ3n) is 1.97. The van der Waals surface area contributed by atoms with Gasteiger partial charge in [0, 0.05) is 11.0 Å². The highest BCUT2D eigenvalue weighted by Crippen LogP contribution is 2.22. The van der Waals surface area contributed by atoms with Gasteiger partial charge in [-0.2, -0.15) is 0 Å². The van der Waals surface area contributed by atoms with Crippen molar-refractivity contribution in [1.82, 2.24) is 0 Å². The van der Waals surface area contributed by atoms with Crippen molar-refractivity contribution in [1.29, 1.82) is 0 Å². The average molecular weight is 287 g/mol. The van der Waals surface area contributed by atoms with Crippen LogP contribution in [-0.2, 0) is 4.74 Å². The lowest BCUT2D eigenvalue weighted by molar-refractivity contribution is 0.00334. The van der Waals surface area contributed by atoms with Gasteiger partial charge in [0.1, 0.15) is 0 Å². The molecule has 3 N–H and O–H groups in total. The molecule has 0 atom stereocenters. The zero-order valence-electron chi connectivity index (χ0n) is 10.0. The minimum atomic E-state index is -0.0903. The van der Waals surface area contributed by atoms with E-state index in [0.29, 0.717) is 6.61 Å². The zero-order valence-corrected chi connectivity index (χ0v) is 11.6. The van der Waals surface area contributed by atoms with Crippen LogP contribution in [0.3, 0.4) is 0 Å². The molecule has 0 amide bonds. The van der Waals surface area contributed by atoms with Crippen molar-refractivity contribution in [3.05, 3.63) is 22.7 Å². The van der Waals surface area contributed by atoms with E-state index < -0.39 is 0 Å². The highest BCUT2D eigenvalue weighted by atomic mass is 79.9. The van der Waals surface area contributed by atoms with Gasteiger partial charge >= 0.3 is 0 Å². The van der Waals surface area contributed by atoms with Crippen LogP contribution < -0.4 is 11.1 Å². The molecule has 1 aromatic carbocycles. The normalized spacial score (nSPS) is 11.5. The van der Waals surface area contributed by atoms with Gasteiger partial charge in [-0.1, -0.05) is 15.9 Å². The molecule has 0 spiro atoms. The number of anilines is 2. The summed E-state index contributed by atoms with van der Waals surface area (Å²) in [6.45, 7) is 7.55. The fourth-order valence-corrected chi connectivity index (χ4v) is 1.62. The highest BCUT2D eigenvalue weighted by Gasteiger charge is 2.09. The quantitative estimate of drug-likeness (QED) is 0.660. The van der Waals surface area contributed by atoms with Crippen molar-refractivity contribution in [2.75, 3.05) is 24.2 Å². The molecule has 0 saturated carbocycles. The average Bonchev–Trinajstić information content (AvgIpc) is 2.13. The van der Waals surface area contributed by atoms with Gasteiger partial charge in [-0.3, -0.25) is 0 Å². The maximum atomic E-state index is 5.86. The monoisotopic (exact) mass is 286 g/mol. The van der Waals surface area contributed by atoms with Crippen LogP contribution in [0.2, 0.25) is 0 Å². The second-order valence-corrected chi connectivity index (χ2v) is 5.53. The summed E-state index contributed by atoms with van der Waals surface area (Å²) in [4.78, 5) is 0. The molecule has 0 fully saturated rings. The first-order valence-corrected chi connectivity index (χ1v) is 6.11. The number of nitrogens with two attached hydrogens (primary N) is 1. The van der Waals surface area contributed by atoms with Gasteiger partial charge in [-0.15, -0.1) is 0 Å². The Kier molecular flexibility index (Phi) is 4.62. The summed E-state index contributed by atoms with van der Waals surface area (Å²) in [5, 5.41) is 3.24. The lowest BCUT2D eigenvalue weighted by atomic mass is 10.2. The Morgan fingerprint density at radius 3 is 2.62 bits per heavy atom. The van der Waals surface area contributed by atoms with Crippen LogP contribution in [0.1, 0.15) is 20.8 Å². The maximum absolute atomic E-state index is 5.86. The predicted molar refractivity (Wildman–Crippen MR) is 72.7 cm³/mol. The Hall–Kier alpha value is -0.740. The molecule has 0 unspecified atom stereocenters. The molecule has 0 saturated heterocycles. The Morgan fingerprint density at radius 1 is 1.38 bits per heavy atom. The van der Waals surface area contributed by atoms with Gasteiger partial charge < -0.3 is 15.8 Å². The second kappa shape index (κ2) is 5.55. The summed E-state index contributed by atoms with van der Waals surface area (Å²) >= 11 is 3.37. The van der Waals surface area contributed by atoms with Crippen LogP contribution in [0.25, 0.3) is 0 Å². The summed E-state index contributed by atoms with van der Waals surface area (Å²) in [7, 11) is 0. The van der Waals surface area contributed by atoms with Gasteiger partial charge in [0.2, 0.25) is 0 Å². The first-order valence-electron chi connectivity index (χ1n) is 5.31. The van der Waals surface area contributed by atoms with Crippen LogP contribution in [0.15, 0.2) is 22.7 Å². The molecule has 1 aromatic rings. The molecule has 0 radical (unpaired) electrons. The predicted octanol–water partition coefficient (Wildman–Crippen LogP) is 3.26. The van der Waals surface area contributed by atoms with Crippen LogP contribution in [0.5, 0.6) is 0 Å². The number of rotatable bonds is 4. The van der Waals surface area contributed by atoms with E-state index in [-0.39, 0.29) is 5.60 Å². The molecule has 16 heavy (non-hydrogen) atoms. The lowest BCUT2D eigenvalue weighted by Gasteiger charge is -2.20. The van der Waals surface area contributed by atoms with E-state index >= 15 is 0 Å². The number of hydrogen-bond donors (Lipinski definition) is 2. The topological polar surface area (TPSA) is 47.3 Å². The van der Waals surface area contributed by atoms with Crippen molar-refractivity contribution in [3.63, 3.8) is 0 Å². The van der Waals surface area contributed by atoms with Crippen LogP contribution >= 0.6 is 15.9 Å². The Balaban J connectivity index is 2.38. The minimum Gasteiger partial charge on any atom is -0.397 e. The van der Waals surface area contributed by atoms with Crippen LogP contribution in [0, 0.1) is 0 Å². The molecule has 0 aliphatic carbocycles. The number of halogens is 1. The first kappa shape index (κ1) is 13.3. The van der Waals surface area contributed by atoms with E-state index in [4.69, 9.17) is 10.5 Å². The minimum absolute atomic E-state index is 0.0903. The van der Waals surface area contributed by atoms with Gasteiger partial charge in [0.15, 0.2) is 0 Å². The van der Waals surface area contributed by atoms with Gasteiger partial charge in [0.25, 0.3) is 0 Å². The second-order valence-electron chi connectivity index (χ2n) is 4.62. The Labute approximate surface area is 105 Å². The molecule has 0 bridgehead atoms. The van der Waals surface area contributed by atoms with E-state index in [9.17, 15) is 0 Å². The number of hydrogen-bond acceptors (Lipinski definition) is 3. The van der Waals surface area contributed by atoms with Crippen molar-refractivity contribution < 1.29 is 4.74 Å². The van der Waals surface area contributed by atoms with Crippen molar-refractivity contribution in [2.24, 2.45) is 0 Å². The van der Waals surface area contributed by atoms with E-state index in [1.165, 1.54) is 0 Å². The fourth-order valence-electron chi connectivity index (χ4n) is 1.24. The van der Waals surface area contributed by atoms with Crippen LogP contribution in [-0.4, -0.2) is 18.8 Å². The molecule has 0 aromatic heterocycles. The van der Waals surface area contributed by atoms with E-state index in [1.807, 2.05) is 39.0 Å². The molecule has 0 aliphatic rings. The SMILES string of the molecule is CC(C)(C)OCCNc1ccc(Br)cc1N. The fraction of sp³-hybridized carbons (Fsp3) is 0.500. The molecule has 0 aliphatic heterocycles. The molecule has 4 heteroatoms. The summed E-state index contributed by atoms with van der Waals surface area (Å²) < 4.78 is 6.59. The standard InChI is InChI=1S/C12H19BrN2O/c1-12(2,3)16-7-6-15-11-5-4-9(13)8-10(11)14/h4-5,8,15H,6-7,14H2,1-3H3. The molecule has 1 rings (SSSR count). The van der Waals surface area contributed by atoms with Gasteiger partial charge in [-0.05, 0) is 39.0 Å². The molecule has 90 valence electrons. The van der Waals surface area contributed by atoms with Gasteiger partial charge in [-0.25, -0.2) is 0 Å². The molecular weight excluding hydrogens is 268 g/mol. The molecular formula is C12H19BrN2O. The third kappa shape index (κ3) is 4.86. The van der Waals surface area contributed by atoms with Crippen molar-refractivity contribution in [3.8, 4) is 0 Å². The smallest absolute Gasteiger partial charge is 0.0646 e. The number of benzene rings is 1.